The Bertz CT molecular complexity index is 1880. The molecule has 2 atom stereocenters. The maximum atomic E-state index is 13.9. The van der Waals surface area contributed by atoms with Crippen molar-refractivity contribution in [3.05, 3.63) is 90.0 Å². The van der Waals surface area contributed by atoms with Crippen LogP contribution in [0.3, 0.4) is 0 Å². The Morgan fingerprint density at radius 2 is 1.93 bits per heavy atom. The van der Waals surface area contributed by atoms with Gasteiger partial charge in [0, 0.05) is 49.6 Å². The molecule has 0 bridgehead atoms. The lowest BCUT2D eigenvalue weighted by Crippen LogP contribution is -2.50. The SMILES string of the molecule is CC(C)N(C)Cc1ccc2c(c1)OCCC2n1cc(CC2C(=O)NC=CN2S(=O)(=O)c2ccc3cc(OCCF)ccc3c2)nn1. The molecule has 4 aromatic rings. The number of halogens is 1. The van der Waals surface area contributed by atoms with E-state index in [1.165, 1.54) is 18.5 Å². The summed E-state index contributed by atoms with van der Waals surface area (Å²) in [6.45, 7) is 4.98. The van der Waals surface area contributed by atoms with Crippen molar-refractivity contribution in [1.29, 1.82) is 0 Å². The largest absolute Gasteiger partial charge is 0.493 e. The average molecular weight is 649 g/mol. The normalized spacial score (nSPS) is 18.1. The van der Waals surface area contributed by atoms with E-state index in [0.29, 0.717) is 35.9 Å². The van der Waals surface area contributed by atoms with Gasteiger partial charge in [0.1, 0.15) is 30.8 Å². The predicted octanol–water partition coefficient (Wildman–Crippen LogP) is 4.19. The molecule has 2 aliphatic rings. The maximum Gasteiger partial charge on any atom is 0.264 e. The van der Waals surface area contributed by atoms with Crippen LogP contribution in [-0.4, -0.2) is 77.5 Å². The van der Waals surface area contributed by atoms with Crippen LogP contribution in [0.4, 0.5) is 4.39 Å². The molecule has 46 heavy (non-hydrogen) atoms. The zero-order valence-corrected chi connectivity index (χ0v) is 26.8. The molecule has 1 amide bonds. The van der Waals surface area contributed by atoms with Gasteiger partial charge < -0.3 is 14.8 Å². The van der Waals surface area contributed by atoms with Crippen LogP contribution < -0.4 is 14.8 Å². The van der Waals surface area contributed by atoms with Crippen molar-refractivity contribution < 1.29 is 27.1 Å². The van der Waals surface area contributed by atoms with Gasteiger partial charge in [-0.1, -0.05) is 29.5 Å². The predicted molar refractivity (Wildman–Crippen MR) is 171 cm³/mol. The number of benzene rings is 3. The van der Waals surface area contributed by atoms with Crippen molar-refractivity contribution in [2.75, 3.05) is 26.9 Å². The van der Waals surface area contributed by atoms with Gasteiger partial charge >= 0.3 is 0 Å². The second kappa shape index (κ2) is 13.1. The summed E-state index contributed by atoms with van der Waals surface area (Å²) in [5.74, 6) is 0.843. The van der Waals surface area contributed by atoms with Crippen LogP contribution in [-0.2, 0) is 27.8 Å². The van der Waals surface area contributed by atoms with Crippen molar-refractivity contribution in [3.63, 3.8) is 0 Å². The highest BCUT2D eigenvalue weighted by Crippen LogP contribution is 2.36. The fraction of sp³-hybridized carbons (Fsp3) is 0.364. The molecular weight excluding hydrogens is 611 g/mol. The first kappa shape index (κ1) is 31.5. The van der Waals surface area contributed by atoms with Gasteiger partial charge in [0.15, 0.2) is 0 Å². The first-order chi connectivity index (χ1) is 22.1. The molecule has 0 aliphatic carbocycles. The molecule has 2 aliphatic heterocycles. The van der Waals surface area contributed by atoms with E-state index in [-0.39, 0.29) is 24.0 Å². The van der Waals surface area contributed by atoms with Gasteiger partial charge in [-0.2, -0.15) is 0 Å². The number of carbonyl (C=O) groups excluding carboxylic acids is 1. The van der Waals surface area contributed by atoms with Gasteiger partial charge in [-0.05, 0) is 67.6 Å². The zero-order chi connectivity index (χ0) is 32.4. The molecule has 0 fully saturated rings. The monoisotopic (exact) mass is 648 g/mol. The third-order valence-corrected chi connectivity index (χ3v) is 10.2. The zero-order valence-electron chi connectivity index (χ0n) is 26.0. The quantitative estimate of drug-likeness (QED) is 0.257. The Morgan fingerprint density at radius 3 is 2.74 bits per heavy atom. The van der Waals surface area contributed by atoms with Crippen LogP contribution in [0.2, 0.25) is 0 Å². The first-order valence-corrected chi connectivity index (χ1v) is 16.7. The van der Waals surface area contributed by atoms with Crippen molar-refractivity contribution in [2.24, 2.45) is 0 Å². The minimum atomic E-state index is -4.12. The third kappa shape index (κ3) is 6.42. The van der Waals surface area contributed by atoms with Crippen LogP contribution >= 0.6 is 0 Å². The average Bonchev–Trinajstić information content (AvgIpc) is 3.52. The molecule has 0 saturated heterocycles. The Balaban J connectivity index is 1.22. The lowest BCUT2D eigenvalue weighted by Gasteiger charge is -2.31. The molecule has 13 heteroatoms. The lowest BCUT2D eigenvalue weighted by molar-refractivity contribution is -0.124. The molecular formula is C33H37FN6O5S. The van der Waals surface area contributed by atoms with E-state index in [1.54, 1.807) is 41.2 Å². The number of amides is 1. The number of ether oxygens (including phenoxy) is 2. The summed E-state index contributed by atoms with van der Waals surface area (Å²) in [6, 6.07) is 15.3. The Hall–Kier alpha value is -4.49. The van der Waals surface area contributed by atoms with E-state index in [2.05, 4.69) is 59.6 Å². The second-order valence-corrected chi connectivity index (χ2v) is 13.7. The van der Waals surface area contributed by atoms with E-state index in [1.807, 2.05) is 0 Å². The molecule has 3 aromatic carbocycles. The van der Waals surface area contributed by atoms with Gasteiger partial charge in [0.25, 0.3) is 10.0 Å². The Kier molecular flexibility index (Phi) is 8.96. The number of alkyl halides is 1. The molecule has 11 nitrogen and oxygen atoms in total. The van der Waals surface area contributed by atoms with Crippen LogP contribution in [0.25, 0.3) is 10.8 Å². The summed E-state index contributed by atoms with van der Waals surface area (Å²) in [5.41, 5.74) is 2.64. The molecule has 2 unspecified atom stereocenters. The Labute approximate surface area is 267 Å². The first-order valence-electron chi connectivity index (χ1n) is 15.2. The summed E-state index contributed by atoms with van der Waals surface area (Å²) in [6.07, 6.45) is 5.16. The van der Waals surface area contributed by atoms with E-state index in [4.69, 9.17) is 9.47 Å². The second-order valence-electron chi connectivity index (χ2n) is 11.8. The Morgan fingerprint density at radius 1 is 1.13 bits per heavy atom. The van der Waals surface area contributed by atoms with Crippen molar-refractivity contribution in [1.82, 2.24) is 29.5 Å². The number of hydrogen-bond acceptors (Lipinski definition) is 8. The third-order valence-electron chi connectivity index (χ3n) is 8.44. The minimum Gasteiger partial charge on any atom is -0.493 e. The summed E-state index contributed by atoms with van der Waals surface area (Å²) >= 11 is 0. The standard InChI is InChI=1S/C33H37FN6O5S/c1-22(2)38(3)20-23-4-9-29-30(10-14-45-32(29)16-23)39-21-26(36-37-39)19-31-33(41)35-12-13-40(31)46(42,43)28-8-6-24-17-27(44-15-11-34)7-5-25(24)18-28/h4-9,12-13,16-18,21-22,30-31H,10-11,14-15,19-20H2,1-3H3,(H,35,41). The van der Waals surface area contributed by atoms with Gasteiger partial charge in [0.2, 0.25) is 5.91 Å². The summed E-state index contributed by atoms with van der Waals surface area (Å²) in [7, 11) is -2.03. The smallest absolute Gasteiger partial charge is 0.264 e. The van der Waals surface area contributed by atoms with Crippen molar-refractivity contribution >= 4 is 26.7 Å². The van der Waals surface area contributed by atoms with Gasteiger partial charge in [-0.15, -0.1) is 5.10 Å². The minimum absolute atomic E-state index is 0.0226. The maximum absolute atomic E-state index is 13.9. The topological polar surface area (TPSA) is 119 Å². The molecule has 1 N–H and O–H groups in total. The van der Waals surface area contributed by atoms with Gasteiger partial charge in [-0.25, -0.2) is 17.5 Å². The van der Waals surface area contributed by atoms with Crippen molar-refractivity contribution in [3.8, 4) is 11.5 Å². The van der Waals surface area contributed by atoms with E-state index >= 15 is 0 Å². The van der Waals surface area contributed by atoms with E-state index < -0.39 is 28.6 Å². The summed E-state index contributed by atoms with van der Waals surface area (Å²) in [4.78, 5) is 15.4. The van der Waals surface area contributed by atoms with Crippen LogP contribution in [0.5, 0.6) is 11.5 Å². The highest BCUT2D eigenvalue weighted by molar-refractivity contribution is 7.89. The van der Waals surface area contributed by atoms with Crippen LogP contribution in [0, 0.1) is 0 Å². The van der Waals surface area contributed by atoms with E-state index in [0.717, 1.165) is 33.1 Å². The highest BCUT2D eigenvalue weighted by Gasteiger charge is 2.36. The summed E-state index contributed by atoms with van der Waals surface area (Å²) < 4.78 is 54.5. The fourth-order valence-corrected chi connectivity index (χ4v) is 7.17. The molecule has 3 heterocycles. The van der Waals surface area contributed by atoms with Gasteiger partial charge in [-0.3, -0.25) is 14.0 Å². The number of aromatic nitrogens is 3. The molecule has 0 radical (unpaired) electrons. The number of rotatable bonds is 11. The molecule has 6 rings (SSSR count). The highest BCUT2D eigenvalue weighted by atomic mass is 32.2. The number of sulfonamides is 1. The number of fused-ring (bicyclic) bond motifs is 2. The molecule has 0 spiro atoms. The number of hydrogen-bond donors (Lipinski definition) is 1. The van der Waals surface area contributed by atoms with Crippen LogP contribution in [0.1, 0.15) is 43.1 Å². The number of nitrogens with zero attached hydrogens (tertiary/aromatic N) is 5. The van der Waals surface area contributed by atoms with E-state index in [9.17, 15) is 17.6 Å². The molecule has 1 aromatic heterocycles. The fourth-order valence-electron chi connectivity index (χ4n) is 5.69. The summed E-state index contributed by atoms with van der Waals surface area (Å²) in [5, 5.41) is 12.7. The van der Waals surface area contributed by atoms with Gasteiger partial charge in [0.05, 0.1) is 23.2 Å². The van der Waals surface area contributed by atoms with Crippen molar-refractivity contribution in [2.45, 2.75) is 56.3 Å². The number of carbonyl (C=O) groups is 1. The van der Waals surface area contributed by atoms with Crippen LogP contribution in [0.15, 0.2) is 78.1 Å². The molecule has 0 saturated carbocycles. The lowest BCUT2D eigenvalue weighted by atomic mass is 9.98. The molecule has 242 valence electrons. The number of nitrogens with one attached hydrogen (secondary N) is 1.